The van der Waals surface area contributed by atoms with Crippen molar-refractivity contribution in [1.82, 2.24) is 10.1 Å². The van der Waals surface area contributed by atoms with Gasteiger partial charge in [0.25, 0.3) is 5.82 Å². The Morgan fingerprint density at radius 1 is 1.24 bits per heavy atom. The molecule has 0 radical (unpaired) electrons. The summed E-state index contributed by atoms with van der Waals surface area (Å²) in [7, 11) is -3.07. The number of nitrogens with zero attached hydrogens (tertiary/aromatic N) is 3. The second-order valence-corrected chi connectivity index (χ2v) is 8.76. The number of nitrogen functional groups attached to an aromatic ring is 1. The zero-order valence-electron chi connectivity index (χ0n) is 18.1. The van der Waals surface area contributed by atoms with Crippen LogP contribution in [-0.2, 0) is 26.8 Å². The van der Waals surface area contributed by atoms with E-state index in [0.717, 1.165) is 12.7 Å². The zero-order valence-corrected chi connectivity index (χ0v) is 19.0. The number of nitrogens with one attached hydrogen (secondary N) is 1. The van der Waals surface area contributed by atoms with Crippen LogP contribution < -0.4 is 15.6 Å². The van der Waals surface area contributed by atoms with Crippen LogP contribution in [0.3, 0.4) is 0 Å². The molecule has 0 fully saturated rings. The highest BCUT2D eigenvalue weighted by atomic mass is 31.2. The summed E-state index contributed by atoms with van der Waals surface area (Å²) in [5.74, 6) is 0.832. The minimum absolute atomic E-state index is 0.256. The van der Waals surface area contributed by atoms with E-state index in [1.165, 1.54) is 10.6 Å². The van der Waals surface area contributed by atoms with Gasteiger partial charge in [-0.15, -0.1) is 0 Å². The second-order valence-electron chi connectivity index (χ2n) is 7.20. The Hall–Kier alpha value is -3.63. The molecule has 4 rings (SSSR count). The smallest absolute Gasteiger partial charge is 0.356 e. The third-order valence-electron chi connectivity index (χ3n) is 4.88. The molecule has 0 spiro atoms. The molecule has 1 aromatic carbocycles. The Kier molecular flexibility index (Phi) is 6.99. The monoisotopic (exact) mass is 486 g/mol. The topological polar surface area (TPSA) is 137 Å². The van der Waals surface area contributed by atoms with Crippen LogP contribution in [0, 0.1) is 5.82 Å². The van der Waals surface area contributed by atoms with Gasteiger partial charge in [0, 0.05) is 25.8 Å². The van der Waals surface area contributed by atoms with Crippen LogP contribution in [0.2, 0.25) is 0 Å². The van der Waals surface area contributed by atoms with E-state index in [2.05, 4.69) is 20.0 Å². The van der Waals surface area contributed by atoms with Gasteiger partial charge in [-0.1, -0.05) is 23.4 Å². The largest absolute Gasteiger partial charge is 0.475 e. The van der Waals surface area contributed by atoms with Gasteiger partial charge in [0.2, 0.25) is 6.73 Å². The first-order valence-electron chi connectivity index (χ1n) is 10.1. The van der Waals surface area contributed by atoms with Crippen LogP contribution >= 0.6 is 7.82 Å². The maximum Gasteiger partial charge on any atom is 0.475 e. The highest BCUT2D eigenvalue weighted by Gasteiger charge is 2.22. The molecule has 12 heteroatoms. The quantitative estimate of drug-likeness (QED) is 0.238. The minimum atomic E-state index is -4.15. The molecule has 4 aromatic rings. The average molecular weight is 486 g/mol. The lowest BCUT2D eigenvalue weighted by Gasteiger charge is -2.09. The van der Waals surface area contributed by atoms with Crippen molar-refractivity contribution in [2.75, 3.05) is 18.2 Å². The molecule has 1 atom stereocenters. The second kappa shape index (κ2) is 10.1. The first kappa shape index (κ1) is 23.5. The number of halogens is 1. The molecule has 10 nitrogen and oxygen atoms in total. The number of anilines is 3. The fraction of sp³-hybridized carbons (Fsp3) is 0.136. The molecule has 4 N–H and O–H groups in total. The normalized spacial score (nSPS) is 12.9. The van der Waals surface area contributed by atoms with Crippen LogP contribution in [0.4, 0.5) is 21.7 Å². The van der Waals surface area contributed by atoms with Gasteiger partial charge in [0.15, 0.2) is 5.76 Å². The lowest BCUT2D eigenvalue weighted by atomic mass is 10.1. The number of benzene rings is 1. The lowest BCUT2D eigenvalue weighted by Crippen LogP contribution is -2.38. The van der Waals surface area contributed by atoms with Gasteiger partial charge >= 0.3 is 7.82 Å². The van der Waals surface area contributed by atoms with Crippen molar-refractivity contribution >= 4 is 25.1 Å². The Balaban J connectivity index is 1.44. The maximum atomic E-state index is 13.8. The van der Waals surface area contributed by atoms with Crippen LogP contribution in [0.5, 0.6) is 0 Å². The first-order chi connectivity index (χ1) is 16.3. The summed E-state index contributed by atoms with van der Waals surface area (Å²) in [6.07, 6.45) is 3.71. The molecular weight excluding hydrogens is 464 g/mol. The Morgan fingerprint density at radius 2 is 2.06 bits per heavy atom. The summed E-state index contributed by atoms with van der Waals surface area (Å²) in [6.45, 7) is -0.290. The number of hydrogen-bond donors (Lipinski definition) is 3. The van der Waals surface area contributed by atoms with E-state index in [-0.39, 0.29) is 18.4 Å². The van der Waals surface area contributed by atoms with Gasteiger partial charge in [-0.2, -0.15) is 0 Å². The third kappa shape index (κ3) is 5.64. The lowest BCUT2D eigenvalue weighted by molar-refractivity contribution is -0.711. The standard InChI is InChI=1S/C22H21FN5O5P/c1-31-34(29,30)32-14-28-10-4-5-17(22(28)24)20-12-16(27-33-20)11-15-8-9-21(25-13-15)26-19-7-3-2-6-18(19)23/h2-10,12-13,24H,11,14H2,1H3,(H2,25,26,29,30)/p+1. The fourth-order valence-electron chi connectivity index (χ4n) is 3.11. The van der Waals surface area contributed by atoms with E-state index in [4.69, 9.17) is 14.8 Å². The third-order valence-corrected chi connectivity index (χ3v) is 5.78. The van der Waals surface area contributed by atoms with E-state index >= 15 is 0 Å². The molecule has 3 aromatic heterocycles. The van der Waals surface area contributed by atoms with Gasteiger partial charge in [0.1, 0.15) is 17.2 Å². The van der Waals surface area contributed by atoms with E-state index in [0.29, 0.717) is 34.9 Å². The predicted octanol–water partition coefficient (Wildman–Crippen LogP) is 3.80. The number of para-hydroxylation sites is 1. The molecule has 1 unspecified atom stereocenters. The van der Waals surface area contributed by atoms with Crippen LogP contribution in [0.15, 0.2) is 71.5 Å². The van der Waals surface area contributed by atoms with Crippen molar-refractivity contribution in [3.05, 3.63) is 84.1 Å². The molecule has 176 valence electrons. The number of aromatic nitrogens is 3. The summed E-state index contributed by atoms with van der Waals surface area (Å²) < 4.78 is 41.5. The zero-order chi connectivity index (χ0) is 24.1. The number of phosphoric acid groups is 1. The van der Waals surface area contributed by atoms with E-state index in [1.54, 1.807) is 54.9 Å². The van der Waals surface area contributed by atoms with E-state index < -0.39 is 7.82 Å². The maximum absolute atomic E-state index is 13.8. The summed E-state index contributed by atoms with van der Waals surface area (Å²) in [5.41, 5.74) is 8.59. The van der Waals surface area contributed by atoms with Crippen molar-refractivity contribution in [1.29, 1.82) is 0 Å². The van der Waals surface area contributed by atoms with Crippen LogP contribution in [0.1, 0.15) is 11.3 Å². The molecule has 0 aliphatic carbocycles. The highest BCUT2D eigenvalue weighted by molar-refractivity contribution is 7.47. The summed E-state index contributed by atoms with van der Waals surface area (Å²) in [6, 6.07) is 15.1. The molecule has 0 aliphatic heterocycles. The number of nitrogens with two attached hydrogens (primary N) is 1. The Labute approximate surface area is 194 Å². The van der Waals surface area contributed by atoms with Crippen LogP contribution in [-0.4, -0.2) is 22.1 Å². The number of rotatable bonds is 9. The molecule has 0 bridgehead atoms. The van der Waals surface area contributed by atoms with Gasteiger partial charge < -0.3 is 14.7 Å². The molecule has 0 saturated heterocycles. The summed E-state index contributed by atoms with van der Waals surface area (Å²) in [5, 5.41) is 7.03. The Morgan fingerprint density at radius 3 is 2.79 bits per heavy atom. The molecule has 34 heavy (non-hydrogen) atoms. The van der Waals surface area contributed by atoms with Crippen LogP contribution in [0.25, 0.3) is 11.3 Å². The van der Waals surface area contributed by atoms with Crippen molar-refractivity contribution in [2.45, 2.75) is 13.2 Å². The van der Waals surface area contributed by atoms with Crippen molar-refractivity contribution in [2.24, 2.45) is 0 Å². The van der Waals surface area contributed by atoms with Crippen molar-refractivity contribution in [3.63, 3.8) is 0 Å². The van der Waals surface area contributed by atoms with Crippen molar-refractivity contribution in [3.8, 4) is 11.3 Å². The summed E-state index contributed by atoms with van der Waals surface area (Å²) in [4.78, 5) is 13.7. The van der Waals surface area contributed by atoms with E-state index in [1.807, 2.05) is 6.07 Å². The molecule has 0 saturated carbocycles. The highest BCUT2D eigenvalue weighted by Crippen LogP contribution is 2.41. The van der Waals surface area contributed by atoms with Gasteiger partial charge in [-0.25, -0.2) is 23.0 Å². The Bertz CT molecular complexity index is 1330. The average Bonchev–Trinajstić information content (AvgIpc) is 3.29. The van der Waals surface area contributed by atoms with Gasteiger partial charge in [-0.3, -0.25) is 10.3 Å². The van der Waals surface area contributed by atoms with E-state index in [9.17, 15) is 13.8 Å². The SMILES string of the molecule is COP(=O)(O)OC[n+]1cccc(-c2cc(Cc3ccc(Nc4ccccc4F)nc3)no2)c1N. The first-order valence-corrected chi connectivity index (χ1v) is 11.6. The molecular formula is C22H22FN5O5P+. The predicted molar refractivity (Wildman–Crippen MR) is 121 cm³/mol. The number of phosphoric ester groups is 1. The minimum Gasteiger partial charge on any atom is -0.356 e. The van der Waals surface area contributed by atoms with Gasteiger partial charge in [0.05, 0.1) is 17.6 Å². The molecule has 3 heterocycles. The van der Waals surface area contributed by atoms with Gasteiger partial charge in [-0.05, 0) is 35.9 Å². The number of hydrogen-bond acceptors (Lipinski definition) is 8. The molecule has 0 amide bonds. The fourth-order valence-corrected chi connectivity index (χ4v) is 3.48. The van der Waals surface area contributed by atoms with Crippen molar-refractivity contribution < 1.29 is 32.0 Å². The molecule has 0 aliphatic rings. The number of pyridine rings is 2. The summed E-state index contributed by atoms with van der Waals surface area (Å²) >= 11 is 0.